The molecular formula is C16H16F3N3OS. The van der Waals surface area contributed by atoms with Gasteiger partial charge in [-0.25, -0.2) is 9.97 Å². The van der Waals surface area contributed by atoms with Gasteiger partial charge in [-0.3, -0.25) is 4.79 Å². The number of carbonyl (C=O) groups excluding carboxylic acids is 1. The van der Waals surface area contributed by atoms with Crippen LogP contribution in [0.1, 0.15) is 27.6 Å². The lowest BCUT2D eigenvalue weighted by Gasteiger charge is -2.10. The molecule has 1 aromatic carbocycles. The summed E-state index contributed by atoms with van der Waals surface area (Å²) in [5, 5.41) is 2.69. The van der Waals surface area contributed by atoms with E-state index in [9.17, 15) is 18.0 Å². The van der Waals surface area contributed by atoms with Crippen molar-refractivity contribution < 1.29 is 18.0 Å². The number of aromatic nitrogens is 2. The van der Waals surface area contributed by atoms with E-state index < -0.39 is 11.9 Å². The van der Waals surface area contributed by atoms with Crippen molar-refractivity contribution >= 4 is 17.7 Å². The predicted octanol–water partition coefficient (Wildman–Crippen LogP) is 3.50. The van der Waals surface area contributed by atoms with Gasteiger partial charge in [-0.2, -0.15) is 13.2 Å². The van der Waals surface area contributed by atoms with Crippen LogP contribution in [-0.4, -0.2) is 28.7 Å². The van der Waals surface area contributed by atoms with E-state index >= 15 is 0 Å². The Bertz CT molecular complexity index is 735. The summed E-state index contributed by atoms with van der Waals surface area (Å²) in [5.41, 5.74) is -0.193. The third kappa shape index (κ3) is 4.70. The molecule has 1 aromatic heterocycles. The van der Waals surface area contributed by atoms with Crippen LogP contribution in [0, 0.1) is 6.92 Å². The number of hydrogen-bond acceptors (Lipinski definition) is 4. The van der Waals surface area contributed by atoms with Crippen LogP contribution in [0.5, 0.6) is 0 Å². The molecule has 4 nitrogen and oxygen atoms in total. The Labute approximate surface area is 141 Å². The molecule has 0 radical (unpaired) electrons. The Morgan fingerprint density at radius 2 is 1.96 bits per heavy atom. The van der Waals surface area contributed by atoms with Crippen LogP contribution in [0.4, 0.5) is 13.2 Å². The topological polar surface area (TPSA) is 54.9 Å². The lowest BCUT2D eigenvalue weighted by atomic mass is 10.2. The predicted molar refractivity (Wildman–Crippen MR) is 86.0 cm³/mol. The Kier molecular flexibility index (Phi) is 5.82. The normalized spacial score (nSPS) is 11.4. The highest BCUT2D eigenvalue weighted by molar-refractivity contribution is 7.98. The van der Waals surface area contributed by atoms with Crippen LogP contribution < -0.4 is 5.32 Å². The first-order valence-corrected chi connectivity index (χ1v) is 8.36. The summed E-state index contributed by atoms with van der Waals surface area (Å²) in [5.74, 6) is -0.218. The Balaban J connectivity index is 2.02. The average Bonchev–Trinajstić information content (AvgIpc) is 2.53. The average molecular weight is 355 g/mol. The summed E-state index contributed by atoms with van der Waals surface area (Å²) < 4.78 is 38.2. The van der Waals surface area contributed by atoms with Crippen LogP contribution in [0.25, 0.3) is 0 Å². The van der Waals surface area contributed by atoms with Crippen molar-refractivity contribution in [3.8, 4) is 0 Å². The third-order valence-electron chi connectivity index (χ3n) is 3.18. The second-order valence-electron chi connectivity index (χ2n) is 5.01. The molecule has 0 aliphatic heterocycles. The van der Waals surface area contributed by atoms with E-state index in [0.29, 0.717) is 5.56 Å². The van der Waals surface area contributed by atoms with E-state index in [-0.39, 0.29) is 30.4 Å². The highest BCUT2D eigenvalue weighted by Crippen LogP contribution is 2.27. The van der Waals surface area contributed by atoms with Crippen molar-refractivity contribution in [2.75, 3.05) is 12.8 Å². The Hall–Kier alpha value is -2.09. The van der Waals surface area contributed by atoms with Gasteiger partial charge in [0, 0.05) is 23.6 Å². The van der Waals surface area contributed by atoms with Crippen LogP contribution in [0.2, 0.25) is 0 Å². The van der Waals surface area contributed by atoms with E-state index in [4.69, 9.17) is 0 Å². The molecule has 0 fully saturated rings. The molecule has 24 heavy (non-hydrogen) atoms. The lowest BCUT2D eigenvalue weighted by Crippen LogP contribution is -2.27. The van der Waals surface area contributed by atoms with E-state index in [0.717, 1.165) is 11.0 Å². The standard InChI is InChI=1S/C16H16F3N3OS/c1-10-9-13(16(17,18)19)22-14(21-10)7-8-20-15(23)11-5-3-4-6-12(11)24-2/h3-6,9H,7-8H2,1-2H3,(H,20,23). The summed E-state index contributed by atoms with van der Waals surface area (Å²) in [7, 11) is 0. The monoisotopic (exact) mass is 355 g/mol. The van der Waals surface area contributed by atoms with Gasteiger partial charge in [0.05, 0.1) is 5.56 Å². The quantitative estimate of drug-likeness (QED) is 0.834. The fourth-order valence-electron chi connectivity index (χ4n) is 2.10. The molecule has 0 aliphatic rings. The van der Waals surface area contributed by atoms with Gasteiger partial charge in [-0.05, 0) is 31.4 Å². The molecule has 0 saturated carbocycles. The molecule has 0 bridgehead atoms. The number of rotatable bonds is 5. The highest BCUT2D eigenvalue weighted by atomic mass is 32.2. The van der Waals surface area contributed by atoms with E-state index in [1.165, 1.54) is 18.7 Å². The van der Waals surface area contributed by atoms with Gasteiger partial charge in [-0.1, -0.05) is 12.1 Å². The molecule has 8 heteroatoms. The van der Waals surface area contributed by atoms with Gasteiger partial charge in [0.2, 0.25) is 0 Å². The minimum absolute atomic E-state index is 0.0563. The zero-order valence-corrected chi connectivity index (χ0v) is 14.0. The summed E-state index contributed by atoms with van der Waals surface area (Å²) >= 11 is 1.45. The minimum Gasteiger partial charge on any atom is -0.352 e. The van der Waals surface area contributed by atoms with E-state index in [2.05, 4.69) is 15.3 Å². The number of nitrogens with one attached hydrogen (secondary N) is 1. The molecule has 0 spiro atoms. The molecule has 1 heterocycles. The number of hydrogen-bond donors (Lipinski definition) is 1. The van der Waals surface area contributed by atoms with Gasteiger partial charge in [0.25, 0.3) is 5.91 Å². The molecular weight excluding hydrogens is 339 g/mol. The Morgan fingerprint density at radius 1 is 1.25 bits per heavy atom. The van der Waals surface area contributed by atoms with Crippen molar-refractivity contribution in [2.24, 2.45) is 0 Å². The second kappa shape index (κ2) is 7.65. The first-order chi connectivity index (χ1) is 11.3. The number of carbonyl (C=O) groups is 1. The zero-order valence-electron chi connectivity index (χ0n) is 13.1. The maximum absolute atomic E-state index is 12.7. The van der Waals surface area contributed by atoms with E-state index in [1.54, 1.807) is 12.1 Å². The van der Waals surface area contributed by atoms with Crippen molar-refractivity contribution in [1.82, 2.24) is 15.3 Å². The molecule has 0 unspecified atom stereocenters. The van der Waals surface area contributed by atoms with Gasteiger partial charge < -0.3 is 5.32 Å². The van der Waals surface area contributed by atoms with Gasteiger partial charge in [-0.15, -0.1) is 11.8 Å². The molecule has 0 atom stereocenters. The summed E-state index contributed by atoms with van der Waals surface area (Å²) in [6.45, 7) is 1.63. The highest BCUT2D eigenvalue weighted by Gasteiger charge is 2.33. The number of benzene rings is 1. The molecule has 128 valence electrons. The number of alkyl halides is 3. The molecule has 2 aromatic rings. The van der Waals surface area contributed by atoms with Crippen molar-refractivity contribution in [2.45, 2.75) is 24.4 Å². The van der Waals surface area contributed by atoms with Crippen LogP contribution in [0.15, 0.2) is 35.2 Å². The smallest absolute Gasteiger partial charge is 0.352 e. The van der Waals surface area contributed by atoms with E-state index in [1.807, 2.05) is 18.4 Å². The summed E-state index contributed by atoms with van der Waals surface area (Å²) in [6.07, 6.45) is -2.52. The molecule has 2 rings (SSSR count). The van der Waals surface area contributed by atoms with Crippen LogP contribution in [-0.2, 0) is 12.6 Å². The zero-order chi connectivity index (χ0) is 17.7. The first kappa shape index (κ1) is 18.3. The van der Waals surface area contributed by atoms with Gasteiger partial charge in [0.15, 0.2) is 0 Å². The maximum Gasteiger partial charge on any atom is 0.433 e. The largest absolute Gasteiger partial charge is 0.433 e. The Morgan fingerprint density at radius 3 is 2.62 bits per heavy atom. The van der Waals surface area contributed by atoms with Crippen molar-refractivity contribution in [3.05, 3.63) is 53.1 Å². The second-order valence-corrected chi connectivity index (χ2v) is 5.86. The number of nitrogens with zero attached hydrogens (tertiary/aromatic N) is 2. The number of halogens is 3. The summed E-state index contributed by atoms with van der Waals surface area (Å²) in [6, 6.07) is 8.03. The van der Waals surface area contributed by atoms with Crippen molar-refractivity contribution in [1.29, 1.82) is 0 Å². The molecule has 0 saturated heterocycles. The number of amides is 1. The number of thioether (sulfide) groups is 1. The minimum atomic E-state index is -4.51. The van der Waals surface area contributed by atoms with Gasteiger partial charge in [0.1, 0.15) is 11.5 Å². The van der Waals surface area contributed by atoms with Gasteiger partial charge >= 0.3 is 6.18 Å². The third-order valence-corrected chi connectivity index (χ3v) is 3.97. The van der Waals surface area contributed by atoms with Crippen molar-refractivity contribution in [3.63, 3.8) is 0 Å². The SMILES string of the molecule is CSc1ccccc1C(=O)NCCc1nc(C)cc(C(F)(F)F)n1. The number of aryl methyl sites for hydroxylation is 1. The van der Waals surface area contributed by atoms with Crippen LogP contribution >= 0.6 is 11.8 Å². The molecule has 1 amide bonds. The van der Waals surface area contributed by atoms with Crippen LogP contribution in [0.3, 0.4) is 0 Å². The first-order valence-electron chi connectivity index (χ1n) is 7.14. The fourth-order valence-corrected chi connectivity index (χ4v) is 2.70. The lowest BCUT2D eigenvalue weighted by molar-refractivity contribution is -0.141. The maximum atomic E-state index is 12.7. The fraction of sp³-hybridized carbons (Fsp3) is 0.312. The summed E-state index contributed by atoms with van der Waals surface area (Å²) in [4.78, 5) is 20.5. The molecule has 1 N–H and O–H groups in total. The molecule has 0 aliphatic carbocycles.